The van der Waals surface area contributed by atoms with Gasteiger partial charge in [0.2, 0.25) is 10.0 Å². The Morgan fingerprint density at radius 2 is 1.71 bits per heavy atom. The summed E-state index contributed by atoms with van der Waals surface area (Å²) in [6.07, 6.45) is 0. The van der Waals surface area contributed by atoms with Crippen molar-refractivity contribution in [2.24, 2.45) is 0 Å². The van der Waals surface area contributed by atoms with Crippen LogP contribution in [0.5, 0.6) is 5.75 Å². The molecule has 0 N–H and O–H groups in total. The summed E-state index contributed by atoms with van der Waals surface area (Å²) in [4.78, 5) is 2.61. The summed E-state index contributed by atoms with van der Waals surface area (Å²) in [5.74, 6) is 0.732. The van der Waals surface area contributed by atoms with E-state index < -0.39 is 10.0 Å². The first-order chi connectivity index (χ1) is 13.4. The Hall–Kier alpha value is -2.40. The van der Waals surface area contributed by atoms with E-state index in [1.54, 1.807) is 34.6 Å². The zero-order valence-corrected chi connectivity index (χ0v) is 17.1. The molecule has 2 aromatic carbocycles. The van der Waals surface area contributed by atoms with E-state index in [0.29, 0.717) is 43.2 Å². The topological polar surface area (TPSA) is 73.6 Å². The summed E-state index contributed by atoms with van der Waals surface area (Å²) >= 11 is 0. The van der Waals surface area contributed by atoms with Crippen LogP contribution in [0.25, 0.3) is 0 Å². The molecule has 1 fully saturated rings. The summed E-state index contributed by atoms with van der Waals surface area (Å²) in [5, 5.41) is 8.81. The van der Waals surface area contributed by atoms with Crippen molar-refractivity contribution < 1.29 is 13.2 Å². The molecule has 0 atom stereocenters. The molecular formula is C21H25N3O3S. The highest BCUT2D eigenvalue weighted by molar-refractivity contribution is 7.89. The molecule has 0 amide bonds. The van der Waals surface area contributed by atoms with E-state index in [-0.39, 0.29) is 0 Å². The van der Waals surface area contributed by atoms with Crippen LogP contribution in [-0.2, 0) is 10.0 Å². The van der Waals surface area contributed by atoms with Gasteiger partial charge in [0, 0.05) is 32.7 Å². The number of sulfonamides is 1. The SMILES string of the molecule is Cc1ccc(C)c(S(=O)(=O)N2CCN(CCOc3ccc(C#N)cc3)CC2)c1. The molecule has 7 heteroatoms. The van der Waals surface area contributed by atoms with E-state index in [1.807, 2.05) is 26.0 Å². The molecule has 1 aliphatic heterocycles. The molecule has 0 aromatic heterocycles. The molecule has 2 aromatic rings. The van der Waals surface area contributed by atoms with Crippen LogP contribution >= 0.6 is 0 Å². The Morgan fingerprint density at radius 3 is 2.36 bits per heavy atom. The van der Waals surface area contributed by atoms with Gasteiger partial charge in [0.05, 0.1) is 16.5 Å². The zero-order chi connectivity index (χ0) is 20.1. The van der Waals surface area contributed by atoms with Crippen molar-refractivity contribution in [1.82, 2.24) is 9.21 Å². The molecule has 0 aliphatic carbocycles. The molecular weight excluding hydrogens is 374 g/mol. The van der Waals surface area contributed by atoms with Crippen LogP contribution < -0.4 is 4.74 Å². The minimum atomic E-state index is -3.46. The van der Waals surface area contributed by atoms with Crippen LogP contribution in [0.1, 0.15) is 16.7 Å². The lowest BCUT2D eigenvalue weighted by molar-refractivity contribution is 0.159. The van der Waals surface area contributed by atoms with Crippen molar-refractivity contribution in [2.45, 2.75) is 18.7 Å². The summed E-state index contributed by atoms with van der Waals surface area (Å²) in [7, 11) is -3.46. The predicted molar refractivity (Wildman–Crippen MR) is 108 cm³/mol. The quantitative estimate of drug-likeness (QED) is 0.746. The molecule has 148 valence electrons. The zero-order valence-electron chi connectivity index (χ0n) is 16.3. The van der Waals surface area contributed by atoms with Crippen molar-refractivity contribution in [2.75, 3.05) is 39.3 Å². The van der Waals surface area contributed by atoms with Crippen molar-refractivity contribution in [3.63, 3.8) is 0 Å². The van der Waals surface area contributed by atoms with Gasteiger partial charge in [-0.2, -0.15) is 9.57 Å². The van der Waals surface area contributed by atoms with Crippen LogP contribution in [0, 0.1) is 25.2 Å². The second-order valence-electron chi connectivity index (χ2n) is 7.00. The van der Waals surface area contributed by atoms with Crippen LogP contribution in [-0.4, -0.2) is 57.0 Å². The molecule has 0 bridgehead atoms. The Bertz CT molecular complexity index is 957. The molecule has 0 spiro atoms. The van der Waals surface area contributed by atoms with E-state index in [4.69, 9.17) is 10.00 Å². The van der Waals surface area contributed by atoms with Gasteiger partial charge >= 0.3 is 0 Å². The summed E-state index contributed by atoms with van der Waals surface area (Å²) in [6, 6.07) is 14.6. The Kier molecular flexibility index (Phi) is 6.35. The first-order valence-corrected chi connectivity index (χ1v) is 10.8. The maximum Gasteiger partial charge on any atom is 0.243 e. The average Bonchev–Trinajstić information content (AvgIpc) is 2.70. The normalized spacial score (nSPS) is 15.9. The number of hydrogen-bond donors (Lipinski definition) is 0. The average molecular weight is 400 g/mol. The number of benzene rings is 2. The lowest BCUT2D eigenvalue weighted by Gasteiger charge is -2.34. The Balaban J connectivity index is 1.51. The molecule has 0 radical (unpaired) electrons. The number of nitriles is 1. The van der Waals surface area contributed by atoms with Crippen LogP contribution in [0.3, 0.4) is 0 Å². The number of rotatable bonds is 6. The molecule has 1 saturated heterocycles. The second kappa shape index (κ2) is 8.74. The van der Waals surface area contributed by atoms with Gasteiger partial charge in [-0.15, -0.1) is 0 Å². The van der Waals surface area contributed by atoms with Crippen molar-refractivity contribution >= 4 is 10.0 Å². The number of hydrogen-bond acceptors (Lipinski definition) is 5. The minimum absolute atomic E-state index is 0.407. The molecule has 1 heterocycles. The van der Waals surface area contributed by atoms with Crippen molar-refractivity contribution in [3.8, 4) is 11.8 Å². The molecule has 0 saturated carbocycles. The number of piperazine rings is 1. The molecule has 0 unspecified atom stereocenters. The van der Waals surface area contributed by atoms with E-state index in [9.17, 15) is 8.42 Å². The van der Waals surface area contributed by atoms with Gasteiger partial charge in [0.1, 0.15) is 12.4 Å². The largest absolute Gasteiger partial charge is 0.492 e. The second-order valence-corrected chi connectivity index (χ2v) is 8.91. The Labute approximate surface area is 167 Å². The third-order valence-electron chi connectivity index (χ3n) is 4.95. The lowest BCUT2D eigenvalue weighted by atomic mass is 10.2. The number of aryl methyl sites for hydroxylation is 2. The summed E-state index contributed by atoms with van der Waals surface area (Å²) < 4.78 is 33.2. The lowest BCUT2D eigenvalue weighted by Crippen LogP contribution is -2.49. The van der Waals surface area contributed by atoms with Crippen molar-refractivity contribution in [3.05, 3.63) is 59.2 Å². The number of nitrogens with zero attached hydrogens (tertiary/aromatic N) is 3. The summed E-state index contributed by atoms with van der Waals surface area (Å²) in [6.45, 7) is 7.32. The van der Waals surface area contributed by atoms with E-state index >= 15 is 0 Å². The fourth-order valence-electron chi connectivity index (χ4n) is 3.24. The van der Waals surface area contributed by atoms with Crippen LogP contribution in [0.4, 0.5) is 0 Å². The maximum atomic E-state index is 13.0. The van der Waals surface area contributed by atoms with Gasteiger partial charge < -0.3 is 4.74 Å². The maximum absolute atomic E-state index is 13.0. The van der Waals surface area contributed by atoms with E-state index in [2.05, 4.69) is 11.0 Å². The van der Waals surface area contributed by atoms with E-state index in [0.717, 1.165) is 23.4 Å². The van der Waals surface area contributed by atoms with Crippen molar-refractivity contribution in [1.29, 1.82) is 5.26 Å². The Morgan fingerprint density at radius 1 is 1.04 bits per heavy atom. The molecule has 3 rings (SSSR count). The highest BCUT2D eigenvalue weighted by Gasteiger charge is 2.29. The highest BCUT2D eigenvalue weighted by Crippen LogP contribution is 2.22. The third kappa shape index (κ3) is 4.71. The van der Waals surface area contributed by atoms with Gasteiger partial charge in [-0.25, -0.2) is 8.42 Å². The first-order valence-electron chi connectivity index (χ1n) is 9.33. The smallest absolute Gasteiger partial charge is 0.243 e. The molecule has 1 aliphatic rings. The molecule has 6 nitrogen and oxygen atoms in total. The van der Waals surface area contributed by atoms with Gasteiger partial charge in [-0.1, -0.05) is 12.1 Å². The fraction of sp³-hybridized carbons (Fsp3) is 0.381. The van der Waals surface area contributed by atoms with Gasteiger partial charge in [-0.3, -0.25) is 4.90 Å². The summed E-state index contributed by atoms with van der Waals surface area (Å²) in [5.41, 5.74) is 2.33. The fourth-order valence-corrected chi connectivity index (χ4v) is 4.97. The van der Waals surface area contributed by atoms with E-state index in [1.165, 1.54) is 0 Å². The number of ether oxygens (including phenoxy) is 1. The van der Waals surface area contributed by atoms with Crippen LogP contribution in [0.15, 0.2) is 47.4 Å². The van der Waals surface area contributed by atoms with Gasteiger partial charge in [0.15, 0.2) is 0 Å². The third-order valence-corrected chi connectivity index (χ3v) is 6.99. The standard InChI is InChI=1S/C21H25N3O3S/c1-17-3-4-18(2)21(15-17)28(25,26)24-11-9-23(10-12-24)13-14-27-20-7-5-19(16-22)6-8-20/h3-8,15H,9-14H2,1-2H3. The predicted octanol–water partition coefficient (Wildman–Crippen LogP) is 2.56. The van der Waals surface area contributed by atoms with Gasteiger partial charge in [0.25, 0.3) is 0 Å². The molecule has 28 heavy (non-hydrogen) atoms. The minimum Gasteiger partial charge on any atom is -0.492 e. The highest BCUT2D eigenvalue weighted by atomic mass is 32.2. The van der Waals surface area contributed by atoms with Crippen LogP contribution in [0.2, 0.25) is 0 Å². The monoisotopic (exact) mass is 399 g/mol. The van der Waals surface area contributed by atoms with Gasteiger partial charge in [-0.05, 0) is 55.3 Å². The first kappa shape index (κ1) is 20.3.